The molecule has 0 saturated carbocycles. The lowest BCUT2D eigenvalue weighted by molar-refractivity contribution is 0.0373. The molecule has 0 aliphatic carbocycles. The Morgan fingerprint density at radius 2 is 2.13 bits per heavy atom. The maximum absolute atomic E-state index is 5.85. The van der Waals surface area contributed by atoms with Gasteiger partial charge in [-0.1, -0.05) is 6.07 Å². The number of hydrogen-bond acceptors (Lipinski definition) is 4. The first kappa shape index (κ1) is 20.1. The second-order valence-electron chi connectivity index (χ2n) is 5.43. The monoisotopic (exact) mass is 433 g/mol. The van der Waals surface area contributed by atoms with Crippen molar-refractivity contribution in [1.82, 2.24) is 15.2 Å². The molecule has 1 aromatic rings. The van der Waals surface area contributed by atoms with Crippen LogP contribution in [-0.2, 0) is 11.2 Å². The number of guanidine groups is 1. The van der Waals surface area contributed by atoms with Crippen LogP contribution in [0.1, 0.15) is 18.5 Å². The van der Waals surface area contributed by atoms with E-state index < -0.39 is 0 Å². The molecule has 2 rings (SSSR count). The Morgan fingerprint density at radius 1 is 1.30 bits per heavy atom. The molecule has 1 aromatic heterocycles. The topological polar surface area (TPSA) is 75.8 Å². The molecule has 7 heteroatoms. The molecule has 0 spiro atoms. The molecule has 0 atom stereocenters. The fourth-order valence-electron chi connectivity index (χ4n) is 2.39. The minimum Gasteiger partial charge on any atom is -0.379 e. The average molecular weight is 433 g/mol. The number of halogens is 1. The van der Waals surface area contributed by atoms with Crippen molar-refractivity contribution in [2.24, 2.45) is 10.7 Å². The standard InChI is InChI=1S/C16H27N5O.HI/c17-16(20-9-6-15-5-1-2-7-18-15)19-8-3-4-10-21-11-13-22-14-12-21;/h1-2,5,7H,3-4,6,8-14H2,(H3,17,19,20);1H. The van der Waals surface area contributed by atoms with Gasteiger partial charge in [-0.15, -0.1) is 24.0 Å². The minimum absolute atomic E-state index is 0. The maximum Gasteiger partial charge on any atom is 0.188 e. The van der Waals surface area contributed by atoms with Crippen LogP contribution >= 0.6 is 24.0 Å². The summed E-state index contributed by atoms with van der Waals surface area (Å²) < 4.78 is 5.34. The third-order valence-electron chi connectivity index (χ3n) is 3.68. The highest BCUT2D eigenvalue weighted by molar-refractivity contribution is 14.0. The number of ether oxygens (including phenoxy) is 1. The van der Waals surface area contributed by atoms with Crippen LogP contribution in [0.3, 0.4) is 0 Å². The van der Waals surface area contributed by atoms with Crippen molar-refractivity contribution in [3.8, 4) is 0 Å². The summed E-state index contributed by atoms with van der Waals surface area (Å²) in [6, 6.07) is 5.93. The molecule has 1 aliphatic rings. The molecular weight excluding hydrogens is 405 g/mol. The summed E-state index contributed by atoms with van der Waals surface area (Å²) >= 11 is 0. The van der Waals surface area contributed by atoms with Gasteiger partial charge < -0.3 is 15.8 Å². The molecule has 0 radical (unpaired) electrons. The van der Waals surface area contributed by atoms with Gasteiger partial charge in [-0.05, 0) is 31.5 Å². The predicted molar refractivity (Wildman–Crippen MR) is 104 cm³/mol. The van der Waals surface area contributed by atoms with E-state index in [1.807, 2.05) is 18.2 Å². The molecule has 0 amide bonds. The number of rotatable bonds is 8. The number of unbranched alkanes of at least 4 members (excludes halogenated alkanes) is 1. The van der Waals surface area contributed by atoms with Gasteiger partial charge in [-0.25, -0.2) is 0 Å². The highest BCUT2D eigenvalue weighted by atomic mass is 127. The van der Waals surface area contributed by atoms with E-state index in [9.17, 15) is 0 Å². The largest absolute Gasteiger partial charge is 0.379 e. The van der Waals surface area contributed by atoms with E-state index in [2.05, 4.69) is 20.2 Å². The number of nitrogens with one attached hydrogen (secondary N) is 1. The molecule has 23 heavy (non-hydrogen) atoms. The number of nitrogens with two attached hydrogens (primary N) is 1. The van der Waals surface area contributed by atoms with Crippen molar-refractivity contribution < 1.29 is 4.74 Å². The van der Waals surface area contributed by atoms with Crippen LogP contribution in [0, 0.1) is 0 Å². The van der Waals surface area contributed by atoms with Crippen LogP contribution in [0.2, 0.25) is 0 Å². The molecule has 1 saturated heterocycles. The molecule has 6 nitrogen and oxygen atoms in total. The summed E-state index contributed by atoms with van der Waals surface area (Å²) in [6.07, 6.45) is 4.89. The molecule has 2 heterocycles. The van der Waals surface area contributed by atoms with E-state index in [0.717, 1.165) is 70.9 Å². The number of nitrogens with zero attached hydrogens (tertiary/aromatic N) is 3. The zero-order chi connectivity index (χ0) is 15.5. The van der Waals surface area contributed by atoms with Crippen molar-refractivity contribution in [3.05, 3.63) is 30.1 Å². The molecule has 0 bridgehead atoms. The first-order valence-electron chi connectivity index (χ1n) is 8.08. The molecule has 0 aromatic carbocycles. The van der Waals surface area contributed by atoms with E-state index in [4.69, 9.17) is 10.5 Å². The van der Waals surface area contributed by atoms with Gasteiger partial charge >= 0.3 is 0 Å². The number of pyridine rings is 1. The summed E-state index contributed by atoms with van der Waals surface area (Å²) in [5, 5.41) is 3.13. The molecular formula is C16H28IN5O. The Bertz CT molecular complexity index is 437. The molecule has 0 unspecified atom stereocenters. The van der Waals surface area contributed by atoms with Gasteiger partial charge in [0.25, 0.3) is 0 Å². The Balaban J connectivity index is 0.00000264. The summed E-state index contributed by atoms with van der Waals surface area (Å²) in [5.74, 6) is 0.530. The van der Waals surface area contributed by atoms with Crippen molar-refractivity contribution in [3.63, 3.8) is 0 Å². The Labute approximate surface area is 155 Å². The van der Waals surface area contributed by atoms with Crippen LogP contribution < -0.4 is 11.1 Å². The smallest absolute Gasteiger partial charge is 0.188 e. The van der Waals surface area contributed by atoms with Crippen LogP contribution in [0.4, 0.5) is 0 Å². The number of hydrogen-bond donors (Lipinski definition) is 2. The van der Waals surface area contributed by atoms with Crippen LogP contribution in [0.5, 0.6) is 0 Å². The van der Waals surface area contributed by atoms with E-state index in [-0.39, 0.29) is 24.0 Å². The second-order valence-corrected chi connectivity index (χ2v) is 5.43. The van der Waals surface area contributed by atoms with Crippen molar-refractivity contribution in [2.75, 3.05) is 45.9 Å². The lowest BCUT2D eigenvalue weighted by Crippen LogP contribution is -2.36. The minimum atomic E-state index is 0. The number of aliphatic imine (C=N–C) groups is 1. The zero-order valence-electron chi connectivity index (χ0n) is 13.6. The Morgan fingerprint density at radius 3 is 2.87 bits per heavy atom. The second kappa shape index (κ2) is 12.5. The van der Waals surface area contributed by atoms with Crippen LogP contribution in [-0.4, -0.2) is 61.8 Å². The van der Waals surface area contributed by atoms with E-state index in [1.54, 1.807) is 6.20 Å². The zero-order valence-corrected chi connectivity index (χ0v) is 15.9. The van der Waals surface area contributed by atoms with Gasteiger partial charge in [0.05, 0.1) is 13.2 Å². The van der Waals surface area contributed by atoms with Crippen molar-refractivity contribution >= 4 is 29.9 Å². The third-order valence-corrected chi connectivity index (χ3v) is 3.68. The highest BCUT2D eigenvalue weighted by Gasteiger charge is 2.08. The fourth-order valence-corrected chi connectivity index (χ4v) is 2.39. The van der Waals surface area contributed by atoms with E-state index in [1.165, 1.54) is 0 Å². The van der Waals surface area contributed by atoms with E-state index in [0.29, 0.717) is 5.96 Å². The lowest BCUT2D eigenvalue weighted by Gasteiger charge is -2.26. The number of morpholine rings is 1. The first-order valence-corrected chi connectivity index (χ1v) is 8.08. The van der Waals surface area contributed by atoms with Gasteiger partial charge in [-0.3, -0.25) is 14.9 Å². The third kappa shape index (κ3) is 9.07. The summed E-state index contributed by atoms with van der Waals surface area (Å²) in [5.41, 5.74) is 6.92. The average Bonchev–Trinajstić information content (AvgIpc) is 2.56. The molecule has 130 valence electrons. The van der Waals surface area contributed by atoms with E-state index >= 15 is 0 Å². The predicted octanol–water partition coefficient (Wildman–Crippen LogP) is 1.26. The molecule has 1 fully saturated rings. The lowest BCUT2D eigenvalue weighted by atomic mass is 10.3. The highest BCUT2D eigenvalue weighted by Crippen LogP contribution is 2.00. The fraction of sp³-hybridized carbons (Fsp3) is 0.625. The van der Waals surface area contributed by atoms with Crippen molar-refractivity contribution in [2.45, 2.75) is 19.3 Å². The Hall–Kier alpha value is -0.930. The van der Waals surface area contributed by atoms with Gasteiger partial charge in [0.2, 0.25) is 0 Å². The summed E-state index contributed by atoms with van der Waals surface area (Å²) in [7, 11) is 0. The van der Waals surface area contributed by atoms with Gasteiger partial charge in [0, 0.05) is 44.5 Å². The number of aromatic nitrogens is 1. The molecule has 3 N–H and O–H groups in total. The summed E-state index contributed by atoms with van der Waals surface area (Å²) in [4.78, 5) is 11.1. The van der Waals surface area contributed by atoms with Crippen LogP contribution in [0.25, 0.3) is 0 Å². The first-order chi connectivity index (χ1) is 10.8. The SMILES string of the molecule is I.NC(=NCCCCN1CCOCC1)NCCc1ccccn1. The molecule has 1 aliphatic heterocycles. The maximum atomic E-state index is 5.85. The van der Waals surface area contributed by atoms with Gasteiger partial charge in [0.1, 0.15) is 0 Å². The van der Waals surface area contributed by atoms with Gasteiger partial charge in [-0.2, -0.15) is 0 Å². The summed E-state index contributed by atoms with van der Waals surface area (Å²) in [6.45, 7) is 6.52. The quantitative estimate of drug-likeness (QED) is 0.280. The normalized spacial score (nSPS) is 15.9. The van der Waals surface area contributed by atoms with Gasteiger partial charge in [0.15, 0.2) is 5.96 Å². The van der Waals surface area contributed by atoms with Crippen molar-refractivity contribution in [1.29, 1.82) is 0 Å². The Kier molecular flexibility index (Phi) is 10.9. The van der Waals surface area contributed by atoms with Crippen LogP contribution in [0.15, 0.2) is 29.4 Å².